The van der Waals surface area contributed by atoms with E-state index < -0.39 is 22.8 Å². The summed E-state index contributed by atoms with van der Waals surface area (Å²) in [5.41, 5.74) is 0.254. The van der Waals surface area contributed by atoms with Crippen LogP contribution in [0.25, 0.3) is 0 Å². The Labute approximate surface area is 136 Å². The molecule has 0 bridgehead atoms. The summed E-state index contributed by atoms with van der Waals surface area (Å²) >= 11 is 0. The number of nitrogens with one attached hydrogen (secondary N) is 1. The van der Waals surface area contributed by atoms with E-state index in [9.17, 15) is 19.7 Å². The molecule has 0 fully saturated rings. The van der Waals surface area contributed by atoms with Crippen molar-refractivity contribution in [3.05, 3.63) is 34.9 Å². The number of carboxylic acids is 1. The van der Waals surface area contributed by atoms with E-state index in [0.717, 1.165) is 6.20 Å². The van der Waals surface area contributed by atoms with Crippen LogP contribution in [-0.4, -0.2) is 41.5 Å². The average Bonchev–Trinajstić information content (AvgIpc) is 3.15. The van der Waals surface area contributed by atoms with E-state index >= 15 is 0 Å². The lowest BCUT2D eigenvalue weighted by atomic mass is 10.3. The molecule has 24 heavy (non-hydrogen) atoms. The van der Waals surface area contributed by atoms with Crippen molar-refractivity contribution in [3.8, 4) is 0 Å². The molecule has 0 radical (unpaired) electrons. The summed E-state index contributed by atoms with van der Waals surface area (Å²) in [6, 6.07) is -0.742. The molecule has 2 heterocycles. The third-order valence-electron chi connectivity index (χ3n) is 3.25. The minimum absolute atomic E-state index is 0.0384. The van der Waals surface area contributed by atoms with Gasteiger partial charge in [0.05, 0.1) is 16.8 Å². The fraction of sp³-hybridized carbons (Fsp3) is 0.385. The molecular weight excluding hydrogens is 320 g/mol. The molecule has 0 saturated carbocycles. The monoisotopic (exact) mass is 336 g/mol. The molecule has 0 aliphatic heterocycles. The average molecular weight is 336 g/mol. The topological polar surface area (TPSA) is 145 Å². The molecule has 11 heteroatoms. The van der Waals surface area contributed by atoms with Gasteiger partial charge in [0, 0.05) is 19.2 Å². The van der Waals surface area contributed by atoms with Crippen LogP contribution in [0.1, 0.15) is 25.8 Å². The van der Waals surface area contributed by atoms with Crippen LogP contribution < -0.4 is 5.32 Å². The Morgan fingerprint density at radius 3 is 2.75 bits per heavy atom. The Kier molecular flexibility index (Phi) is 5.24. The molecule has 1 unspecified atom stereocenters. The zero-order chi connectivity index (χ0) is 17.7. The molecule has 1 atom stereocenters. The summed E-state index contributed by atoms with van der Waals surface area (Å²) in [5.74, 6) is -1.28. The highest BCUT2D eigenvalue weighted by Gasteiger charge is 2.19. The maximum atomic E-state index is 12.1. The highest BCUT2D eigenvalue weighted by molar-refractivity contribution is 5.93. The minimum atomic E-state index is -0.877. The standard InChI is InChI=1S/C13H16N6O5/c1-9(18-8-11(6-15-18)19(23)24)13(22)16-10-5-14-17(7-10)4-2-3-12(20)21/h5-9H,2-4H2,1H3,(H,16,22)(H,20,21). The van der Waals surface area contributed by atoms with Crippen molar-refractivity contribution in [2.45, 2.75) is 32.4 Å². The Morgan fingerprint density at radius 1 is 1.38 bits per heavy atom. The van der Waals surface area contributed by atoms with Crippen LogP contribution in [0, 0.1) is 10.1 Å². The van der Waals surface area contributed by atoms with E-state index in [0.29, 0.717) is 18.7 Å². The van der Waals surface area contributed by atoms with E-state index in [1.807, 2.05) is 0 Å². The van der Waals surface area contributed by atoms with Gasteiger partial charge in [-0.25, -0.2) is 0 Å². The first-order chi connectivity index (χ1) is 11.4. The number of carboxylic acid groups (broad SMARTS) is 1. The third kappa shape index (κ3) is 4.38. The SMILES string of the molecule is CC(C(=O)Nc1cnn(CCCC(=O)O)c1)n1cc([N+](=O)[O-])cn1. The van der Waals surface area contributed by atoms with E-state index in [2.05, 4.69) is 15.5 Å². The van der Waals surface area contributed by atoms with Crippen molar-refractivity contribution in [2.24, 2.45) is 0 Å². The maximum Gasteiger partial charge on any atom is 0.307 e. The Morgan fingerprint density at radius 2 is 2.12 bits per heavy atom. The quantitative estimate of drug-likeness (QED) is 0.541. The summed E-state index contributed by atoms with van der Waals surface area (Å²) in [4.78, 5) is 32.6. The predicted molar refractivity (Wildman–Crippen MR) is 81.3 cm³/mol. The van der Waals surface area contributed by atoms with Gasteiger partial charge in [0.2, 0.25) is 5.91 Å². The highest BCUT2D eigenvalue weighted by Crippen LogP contribution is 2.15. The molecule has 128 valence electrons. The first-order valence-corrected chi connectivity index (χ1v) is 7.10. The number of aliphatic carboxylic acids is 1. The lowest BCUT2D eigenvalue weighted by Crippen LogP contribution is -2.23. The molecular formula is C13H16N6O5. The number of amides is 1. The molecule has 0 spiro atoms. The summed E-state index contributed by atoms with van der Waals surface area (Å²) in [5, 5.41) is 29.7. The van der Waals surface area contributed by atoms with Crippen LogP contribution in [-0.2, 0) is 16.1 Å². The van der Waals surface area contributed by atoms with Crippen molar-refractivity contribution in [1.29, 1.82) is 0 Å². The largest absolute Gasteiger partial charge is 0.481 e. The number of carbonyl (C=O) groups excluding carboxylic acids is 1. The predicted octanol–water partition coefficient (Wildman–Crippen LogP) is 1.05. The number of hydrogen-bond acceptors (Lipinski definition) is 6. The highest BCUT2D eigenvalue weighted by atomic mass is 16.6. The summed E-state index contributed by atoms with van der Waals surface area (Å²) in [6.07, 6.45) is 5.74. The molecule has 1 amide bonds. The zero-order valence-electron chi connectivity index (χ0n) is 12.8. The van der Waals surface area contributed by atoms with Gasteiger partial charge in [-0.1, -0.05) is 0 Å². The van der Waals surface area contributed by atoms with E-state index in [-0.39, 0.29) is 12.1 Å². The fourth-order valence-corrected chi connectivity index (χ4v) is 1.94. The molecule has 0 aliphatic rings. The zero-order valence-corrected chi connectivity index (χ0v) is 12.8. The molecule has 2 aromatic rings. The number of aromatic nitrogens is 4. The number of rotatable bonds is 8. The van der Waals surface area contributed by atoms with Crippen molar-refractivity contribution in [1.82, 2.24) is 19.6 Å². The Hall–Kier alpha value is -3.24. The van der Waals surface area contributed by atoms with Gasteiger partial charge in [-0.3, -0.25) is 29.1 Å². The van der Waals surface area contributed by atoms with Crippen LogP contribution in [0.4, 0.5) is 11.4 Å². The third-order valence-corrected chi connectivity index (χ3v) is 3.25. The second kappa shape index (κ2) is 7.35. The van der Waals surface area contributed by atoms with Crippen molar-refractivity contribution in [2.75, 3.05) is 5.32 Å². The van der Waals surface area contributed by atoms with Crippen LogP contribution in [0.15, 0.2) is 24.8 Å². The molecule has 0 saturated heterocycles. The number of anilines is 1. The smallest absolute Gasteiger partial charge is 0.307 e. The second-order valence-corrected chi connectivity index (χ2v) is 5.09. The lowest BCUT2D eigenvalue weighted by molar-refractivity contribution is -0.385. The first-order valence-electron chi connectivity index (χ1n) is 7.10. The Bertz CT molecular complexity index is 752. The van der Waals surface area contributed by atoms with E-state index in [4.69, 9.17) is 5.11 Å². The molecule has 2 aromatic heterocycles. The number of hydrogen-bond donors (Lipinski definition) is 2. The van der Waals surface area contributed by atoms with E-state index in [1.165, 1.54) is 21.8 Å². The Balaban J connectivity index is 1.92. The van der Waals surface area contributed by atoms with Gasteiger partial charge >= 0.3 is 11.7 Å². The molecule has 2 N–H and O–H groups in total. The van der Waals surface area contributed by atoms with Crippen molar-refractivity contribution < 1.29 is 19.6 Å². The maximum absolute atomic E-state index is 12.1. The van der Waals surface area contributed by atoms with E-state index in [1.54, 1.807) is 13.1 Å². The molecule has 11 nitrogen and oxygen atoms in total. The summed E-state index contributed by atoms with van der Waals surface area (Å²) in [6.45, 7) is 1.98. The van der Waals surface area contributed by atoms with Gasteiger partial charge in [-0.2, -0.15) is 10.2 Å². The fourth-order valence-electron chi connectivity index (χ4n) is 1.94. The van der Waals surface area contributed by atoms with Crippen LogP contribution >= 0.6 is 0 Å². The van der Waals surface area contributed by atoms with Gasteiger partial charge in [0.25, 0.3) is 0 Å². The summed E-state index contributed by atoms with van der Waals surface area (Å²) < 4.78 is 2.73. The van der Waals surface area contributed by atoms with Gasteiger partial charge < -0.3 is 10.4 Å². The molecule has 0 aliphatic carbocycles. The van der Waals surface area contributed by atoms with Gasteiger partial charge in [-0.05, 0) is 13.3 Å². The van der Waals surface area contributed by atoms with Crippen molar-refractivity contribution in [3.63, 3.8) is 0 Å². The normalized spacial score (nSPS) is 11.9. The summed E-state index contributed by atoms with van der Waals surface area (Å²) in [7, 11) is 0. The van der Waals surface area contributed by atoms with Gasteiger partial charge in [0.15, 0.2) is 0 Å². The second-order valence-electron chi connectivity index (χ2n) is 5.09. The van der Waals surface area contributed by atoms with Crippen molar-refractivity contribution >= 4 is 23.3 Å². The first kappa shape index (κ1) is 17.1. The van der Waals surface area contributed by atoms with Crippen LogP contribution in [0.2, 0.25) is 0 Å². The number of carbonyl (C=O) groups is 2. The lowest BCUT2D eigenvalue weighted by Gasteiger charge is -2.10. The van der Waals surface area contributed by atoms with Crippen LogP contribution in [0.5, 0.6) is 0 Å². The molecule has 2 rings (SSSR count). The number of aryl methyl sites for hydroxylation is 1. The number of nitrogens with zero attached hydrogens (tertiary/aromatic N) is 5. The minimum Gasteiger partial charge on any atom is -0.481 e. The number of nitro groups is 1. The van der Waals surface area contributed by atoms with Gasteiger partial charge in [0.1, 0.15) is 18.4 Å². The van der Waals surface area contributed by atoms with Crippen LogP contribution in [0.3, 0.4) is 0 Å². The molecule has 0 aromatic carbocycles. The van der Waals surface area contributed by atoms with Gasteiger partial charge in [-0.15, -0.1) is 0 Å².